The van der Waals surface area contributed by atoms with Crippen LogP contribution < -0.4 is 10.6 Å². The van der Waals surface area contributed by atoms with E-state index in [-0.39, 0.29) is 0 Å². The molecule has 0 saturated carbocycles. The Bertz CT molecular complexity index is 325. The summed E-state index contributed by atoms with van der Waals surface area (Å²) in [6.45, 7) is 2.08. The lowest BCUT2D eigenvalue weighted by molar-refractivity contribution is 0.193. The van der Waals surface area contributed by atoms with Crippen molar-refractivity contribution in [1.29, 1.82) is 0 Å². The number of ether oxygens (including phenoxy) is 1. The van der Waals surface area contributed by atoms with E-state index in [1.54, 1.807) is 6.20 Å². The van der Waals surface area contributed by atoms with E-state index in [2.05, 4.69) is 15.1 Å². The van der Waals surface area contributed by atoms with Crippen molar-refractivity contribution in [2.75, 3.05) is 25.2 Å². The van der Waals surface area contributed by atoms with E-state index in [0.29, 0.717) is 12.6 Å². The van der Waals surface area contributed by atoms with Crippen molar-refractivity contribution in [2.24, 2.45) is 5.73 Å². The van der Waals surface area contributed by atoms with Gasteiger partial charge in [-0.25, -0.2) is 0 Å². The smallest absolute Gasteiger partial charge is 0.155 e. The summed E-state index contributed by atoms with van der Waals surface area (Å²) in [5.74, 6) is 0.871. The van der Waals surface area contributed by atoms with Gasteiger partial charge in [0.05, 0.1) is 18.8 Å². The molecule has 1 aliphatic rings. The maximum atomic E-state index is 5.66. The lowest BCUT2D eigenvalue weighted by atomic mass is 10.2. The third-order valence-corrected chi connectivity index (χ3v) is 2.79. The molecule has 1 aliphatic heterocycles. The zero-order valence-corrected chi connectivity index (χ0v) is 8.89. The Morgan fingerprint density at radius 3 is 3.20 bits per heavy atom. The molecular formula is C10H16N4O. The van der Waals surface area contributed by atoms with Gasteiger partial charge in [-0.3, -0.25) is 0 Å². The minimum absolute atomic E-state index is 0.395. The Kier molecular flexibility index (Phi) is 3.13. The number of anilines is 1. The summed E-state index contributed by atoms with van der Waals surface area (Å²) < 4.78 is 5.35. The SMILES string of the molecule is CN(c1nnccc1CN)C1CCOC1. The van der Waals surface area contributed by atoms with Crippen LogP contribution in [0, 0.1) is 0 Å². The summed E-state index contributed by atoms with van der Waals surface area (Å²) in [4.78, 5) is 2.11. The maximum Gasteiger partial charge on any atom is 0.155 e. The van der Waals surface area contributed by atoms with Gasteiger partial charge in [0.25, 0.3) is 0 Å². The molecule has 2 N–H and O–H groups in total. The van der Waals surface area contributed by atoms with Gasteiger partial charge in [-0.1, -0.05) is 0 Å². The number of rotatable bonds is 3. The molecule has 0 radical (unpaired) electrons. The summed E-state index contributed by atoms with van der Waals surface area (Å²) in [6, 6.07) is 2.31. The number of nitrogens with two attached hydrogens (primary N) is 1. The van der Waals surface area contributed by atoms with Gasteiger partial charge in [0.1, 0.15) is 0 Å². The molecule has 0 aromatic carbocycles. The summed E-state index contributed by atoms with van der Waals surface area (Å²) >= 11 is 0. The monoisotopic (exact) mass is 208 g/mol. The molecule has 1 saturated heterocycles. The number of nitrogens with zero attached hydrogens (tertiary/aromatic N) is 3. The van der Waals surface area contributed by atoms with Crippen LogP contribution in [0.3, 0.4) is 0 Å². The van der Waals surface area contributed by atoms with Crippen molar-refractivity contribution < 1.29 is 4.74 Å². The van der Waals surface area contributed by atoms with Gasteiger partial charge in [0.15, 0.2) is 5.82 Å². The van der Waals surface area contributed by atoms with Gasteiger partial charge in [0.2, 0.25) is 0 Å². The zero-order chi connectivity index (χ0) is 10.7. The molecule has 1 aromatic rings. The Morgan fingerprint density at radius 1 is 1.67 bits per heavy atom. The number of aromatic nitrogens is 2. The first-order valence-corrected chi connectivity index (χ1v) is 5.14. The van der Waals surface area contributed by atoms with Gasteiger partial charge in [-0.15, -0.1) is 5.10 Å². The van der Waals surface area contributed by atoms with Crippen LogP contribution >= 0.6 is 0 Å². The van der Waals surface area contributed by atoms with E-state index >= 15 is 0 Å². The molecule has 1 atom stereocenters. The summed E-state index contributed by atoms with van der Waals surface area (Å²) in [7, 11) is 2.02. The summed E-state index contributed by atoms with van der Waals surface area (Å²) in [5.41, 5.74) is 6.69. The van der Waals surface area contributed by atoms with E-state index in [4.69, 9.17) is 10.5 Å². The van der Waals surface area contributed by atoms with Gasteiger partial charge in [-0.05, 0) is 12.5 Å². The molecular weight excluding hydrogens is 192 g/mol. The Hall–Kier alpha value is -1.20. The first-order valence-electron chi connectivity index (χ1n) is 5.14. The Balaban J connectivity index is 2.19. The fraction of sp³-hybridized carbons (Fsp3) is 0.600. The highest BCUT2D eigenvalue weighted by molar-refractivity contribution is 5.45. The molecule has 82 valence electrons. The first kappa shape index (κ1) is 10.3. The number of likely N-dealkylation sites (N-methyl/N-ethyl adjacent to an activating group) is 1. The predicted octanol–water partition coefficient (Wildman–Crippen LogP) is 0.160. The van der Waals surface area contributed by atoms with Gasteiger partial charge < -0.3 is 15.4 Å². The Morgan fingerprint density at radius 2 is 2.53 bits per heavy atom. The van der Waals surface area contributed by atoms with Crippen molar-refractivity contribution in [3.05, 3.63) is 17.8 Å². The van der Waals surface area contributed by atoms with Crippen LogP contribution in [0.2, 0.25) is 0 Å². The van der Waals surface area contributed by atoms with E-state index in [9.17, 15) is 0 Å². The minimum atomic E-state index is 0.395. The summed E-state index contributed by atoms with van der Waals surface area (Å²) in [5, 5.41) is 8.03. The van der Waals surface area contributed by atoms with E-state index in [1.165, 1.54) is 0 Å². The molecule has 0 aliphatic carbocycles. The van der Waals surface area contributed by atoms with Gasteiger partial charge in [0, 0.05) is 25.8 Å². The highest BCUT2D eigenvalue weighted by Gasteiger charge is 2.22. The van der Waals surface area contributed by atoms with Crippen LogP contribution in [-0.2, 0) is 11.3 Å². The number of hydrogen-bond donors (Lipinski definition) is 1. The first-order chi connectivity index (χ1) is 7.33. The van der Waals surface area contributed by atoms with Crippen LogP contribution in [0.4, 0.5) is 5.82 Å². The standard InChI is InChI=1S/C10H16N4O/c1-14(9-3-5-15-7-9)10-8(6-11)2-4-12-13-10/h2,4,9H,3,5-7,11H2,1H3. The average molecular weight is 208 g/mol. The van der Waals surface area contributed by atoms with Crippen molar-refractivity contribution >= 4 is 5.82 Å². The van der Waals surface area contributed by atoms with Crippen LogP contribution in [0.15, 0.2) is 12.3 Å². The average Bonchev–Trinajstić information content (AvgIpc) is 2.81. The molecule has 2 rings (SSSR count). The highest BCUT2D eigenvalue weighted by atomic mass is 16.5. The third-order valence-electron chi connectivity index (χ3n) is 2.79. The maximum absolute atomic E-state index is 5.66. The zero-order valence-electron chi connectivity index (χ0n) is 8.89. The number of hydrogen-bond acceptors (Lipinski definition) is 5. The van der Waals surface area contributed by atoms with Crippen molar-refractivity contribution in [3.8, 4) is 0 Å². The van der Waals surface area contributed by atoms with E-state index < -0.39 is 0 Å². The second kappa shape index (κ2) is 4.55. The molecule has 0 bridgehead atoms. The second-order valence-electron chi connectivity index (χ2n) is 3.71. The molecule has 1 fully saturated rings. The lowest BCUT2D eigenvalue weighted by Crippen LogP contribution is -2.33. The van der Waals surface area contributed by atoms with E-state index in [0.717, 1.165) is 31.0 Å². The second-order valence-corrected chi connectivity index (χ2v) is 3.71. The fourth-order valence-electron chi connectivity index (χ4n) is 1.81. The fourth-order valence-corrected chi connectivity index (χ4v) is 1.81. The lowest BCUT2D eigenvalue weighted by Gasteiger charge is -2.25. The van der Waals surface area contributed by atoms with Crippen LogP contribution in [0.1, 0.15) is 12.0 Å². The normalized spacial score (nSPS) is 20.5. The molecule has 0 amide bonds. The molecule has 1 unspecified atom stereocenters. The predicted molar refractivity (Wildman–Crippen MR) is 57.6 cm³/mol. The summed E-state index contributed by atoms with van der Waals surface area (Å²) in [6.07, 6.45) is 2.71. The highest BCUT2D eigenvalue weighted by Crippen LogP contribution is 2.20. The van der Waals surface area contributed by atoms with Crippen molar-refractivity contribution in [2.45, 2.75) is 19.0 Å². The van der Waals surface area contributed by atoms with Crippen LogP contribution in [0.5, 0.6) is 0 Å². The van der Waals surface area contributed by atoms with Gasteiger partial charge in [-0.2, -0.15) is 5.10 Å². The minimum Gasteiger partial charge on any atom is -0.379 e. The largest absolute Gasteiger partial charge is 0.379 e. The molecule has 15 heavy (non-hydrogen) atoms. The van der Waals surface area contributed by atoms with Crippen LogP contribution in [-0.4, -0.2) is 36.5 Å². The quantitative estimate of drug-likeness (QED) is 0.766. The molecule has 5 heteroatoms. The topological polar surface area (TPSA) is 64.3 Å². The molecule has 2 heterocycles. The van der Waals surface area contributed by atoms with Gasteiger partial charge >= 0.3 is 0 Å². The van der Waals surface area contributed by atoms with E-state index in [1.807, 2.05) is 13.1 Å². The molecule has 0 spiro atoms. The van der Waals surface area contributed by atoms with Crippen LogP contribution in [0.25, 0.3) is 0 Å². The van der Waals surface area contributed by atoms with Crippen molar-refractivity contribution in [3.63, 3.8) is 0 Å². The molecule has 5 nitrogen and oxygen atoms in total. The van der Waals surface area contributed by atoms with Crippen molar-refractivity contribution in [1.82, 2.24) is 10.2 Å². The Labute approximate surface area is 89.2 Å². The molecule has 1 aromatic heterocycles. The third kappa shape index (κ3) is 2.08.